The third kappa shape index (κ3) is 3.26. The zero-order valence-corrected chi connectivity index (χ0v) is 12.0. The zero-order chi connectivity index (χ0) is 13.1. The van der Waals surface area contributed by atoms with Crippen molar-refractivity contribution in [2.45, 2.75) is 37.9 Å². The van der Waals surface area contributed by atoms with Crippen LogP contribution in [0.25, 0.3) is 0 Å². The number of rotatable bonds is 6. The van der Waals surface area contributed by atoms with Crippen LogP contribution in [0.5, 0.6) is 0 Å². The second-order valence-electron chi connectivity index (χ2n) is 5.02. The Balaban J connectivity index is 2.27. The van der Waals surface area contributed by atoms with E-state index in [4.69, 9.17) is 5.84 Å². The standard InChI is InChI=1S/C12H21N5S/c1-8(2)7-17(9-4-5-9)11-6-10(16-13)14-12(15-11)18-3/h6,8-9H,4-5,7,13H2,1-3H3,(H,14,15,16). The molecule has 1 saturated carbocycles. The average molecular weight is 267 g/mol. The number of thioether (sulfide) groups is 1. The number of aromatic nitrogens is 2. The highest BCUT2D eigenvalue weighted by molar-refractivity contribution is 7.98. The monoisotopic (exact) mass is 267 g/mol. The van der Waals surface area contributed by atoms with Gasteiger partial charge in [-0.1, -0.05) is 25.6 Å². The van der Waals surface area contributed by atoms with Gasteiger partial charge in [-0.05, 0) is 25.0 Å². The van der Waals surface area contributed by atoms with Gasteiger partial charge in [0.1, 0.15) is 11.6 Å². The molecule has 2 rings (SSSR count). The van der Waals surface area contributed by atoms with E-state index in [9.17, 15) is 0 Å². The van der Waals surface area contributed by atoms with Crippen LogP contribution in [0.2, 0.25) is 0 Å². The van der Waals surface area contributed by atoms with Gasteiger partial charge in [0.25, 0.3) is 0 Å². The largest absolute Gasteiger partial charge is 0.353 e. The maximum absolute atomic E-state index is 5.47. The molecule has 1 aromatic rings. The third-order valence-electron chi connectivity index (χ3n) is 2.87. The van der Waals surface area contributed by atoms with Crippen molar-refractivity contribution in [3.8, 4) is 0 Å². The summed E-state index contributed by atoms with van der Waals surface area (Å²) in [5.74, 6) is 7.75. The van der Waals surface area contributed by atoms with Crippen molar-refractivity contribution < 1.29 is 0 Å². The fourth-order valence-electron chi connectivity index (χ4n) is 1.93. The van der Waals surface area contributed by atoms with Gasteiger partial charge in [0, 0.05) is 18.7 Å². The van der Waals surface area contributed by atoms with E-state index < -0.39 is 0 Å². The number of hydrazine groups is 1. The molecule has 5 nitrogen and oxygen atoms in total. The summed E-state index contributed by atoms with van der Waals surface area (Å²) in [6, 6.07) is 2.57. The number of hydrogen-bond acceptors (Lipinski definition) is 6. The maximum atomic E-state index is 5.47. The van der Waals surface area contributed by atoms with E-state index in [2.05, 4.69) is 34.1 Å². The lowest BCUT2D eigenvalue weighted by molar-refractivity contribution is 0.600. The van der Waals surface area contributed by atoms with Crippen molar-refractivity contribution in [2.24, 2.45) is 11.8 Å². The van der Waals surface area contributed by atoms with Crippen molar-refractivity contribution >= 4 is 23.4 Å². The van der Waals surface area contributed by atoms with Crippen molar-refractivity contribution in [3.05, 3.63) is 6.07 Å². The van der Waals surface area contributed by atoms with E-state index in [0.717, 1.165) is 17.5 Å². The van der Waals surface area contributed by atoms with Crippen LogP contribution in [0.1, 0.15) is 26.7 Å². The van der Waals surface area contributed by atoms with E-state index in [1.54, 1.807) is 0 Å². The topological polar surface area (TPSA) is 67.1 Å². The number of nitrogens with two attached hydrogens (primary N) is 1. The lowest BCUT2D eigenvalue weighted by atomic mass is 10.2. The Labute approximate surface area is 113 Å². The van der Waals surface area contributed by atoms with Gasteiger partial charge in [-0.3, -0.25) is 0 Å². The highest BCUT2D eigenvalue weighted by atomic mass is 32.2. The fraction of sp³-hybridized carbons (Fsp3) is 0.667. The van der Waals surface area contributed by atoms with Crippen LogP contribution in [0, 0.1) is 5.92 Å². The molecule has 100 valence electrons. The first-order chi connectivity index (χ1) is 8.63. The van der Waals surface area contributed by atoms with Crippen LogP contribution in [-0.4, -0.2) is 28.8 Å². The summed E-state index contributed by atoms with van der Waals surface area (Å²) in [6.07, 6.45) is 4.50. The molecule has 0 amide bonds. The van der Waals surface area contributed by atoms with Crippen LogP contribution in [0.3, 0.4) is 0 Å². The first-order valence-corrected chi connectivity index (χ1v) is 7.53. The van der Waals surface area contributed by atoms with Gasteiger partial charge in [-0.2, -0.15) is 0 Å². The van der Waals surface area contributed by atoms with Crippen LogP contribution in [0.15, 0.2) is 11.2 Å². The lowest BCUT2D eigenvalue weighted by Gasteiger charge is -2.26. The van der Waals surface area contributed by atoms with E-state index in [0.29, 0.717) is 17.8 Å². The smallest absolute Gasteiger partial charge is 0.191 e. The van der Waals surface area contributed by atoms with Crippen LogP contribution in [0.4, 0.5) is 11.6 Å². The number of anilines is 2. The van der Waals surface area contributed by atoms with E-state index in [-0.39, 0.29) is 0 Å². The lowest BCUT2D eigenvalue weighted by Crippen LogP contribution is -2.31. The quantitative estimate of drug-likeness (QED) is 0.356. The number of nitrogens with zero attached hydrogens (tertiary/aromatic N) is 3. The van der Waals surface area contributed by atoms with Crippen molar-refractivity contribution in [2.75, 3.05) is 23.1 Å². The summed E-state index contributed by atoms with van der Waals surface area (Å²) in [6.45, 7) is 5.49. The summed E-state index contributed by atoms with van der Waals surface area (Å²) in [5.41, 5.74) is 2.62. The highest BCUT2D eigenvalue weighted by Gasteiger charge is 2.30. The summed E-state index contributed by atoms with van der Waals surface area (Å²) in [5, 5.41) is 0.759. The number of nitrogen functional groups attached to an aromatic ring is 1. The maximum Gasteiger partial charge on any atom is 0.191 e. The molecule has 1 fully saturated rings. The molecule has 0 aromatic carbocycles. The molecule has 3 N–H and O–H groups in total. The highest BCUT2D eigenvalue weighted by Crippen LogP contribution is 2.32. The molecule has 0 aliphatic heterocycles. The van der Waals surface area contributed by atoms with Gasteiger partial charge in [0.15, 0.2) is 5.16 Å². The fourth-order valence-corrected chi connectivity index (χ4v) is 2.31. The second kappa shape index (κ2) is 5.75. The van der Waals surface area contributed by atoms with Crippen LogP contribution >= 0.6 is 11.8 Å². The summed E-state index contributed by atoms with van der Waals surface area (Å²) in [4.78, 5) is 11.3. The molecule has 0 spiro atoms. The molecule has 1 aliphatic carbocycles. The molecular weight excluding hydrogens is 246 g/mol. The van der Waals surface area contributed by atoms with Gasteiger partial charge in [-0.15, -0.1) is 0 Å². The van der Waals surface area contributed by atoms with Gasteiger partial charge < -0.3 is 10.3 Å². The first kappa shape index (κ1) is 13.4. The molecular formula is C12H21N5S. The summed E-state index contributed by atoms with van der Waals surface area (Å²) in [7, 11) is 0. The molecule has 18 heavy (non-hydrogen) atoms. The zero-order valence-electron chi connectivity index (χ0n) is 11.2. The molecule has 0 saturated heterocycles. The Kier molecular flexibility index (Phi) is 4.29. The predicted molar refractivity (Wildman–Crippen MR) is 76.8 cm³/mol. The summed E-state index contributed by atoms with van der Waals surface area (Å²) < 4.78 is 0. The van der Waals surface area contributed by atoms with E-state index in [1.807, 2.05) is 12.3 Å². The van der Waals surface area contributed by atoms with Crippen molar-refractivity contribution in [1.29, 1.82) is 0 Å². The third-order valence-corrected chi connectivity index (χ3v) is 3.41. The first-order valence-electron chi connectivity index (χ1n) is 6.30. The van der Waals surface area contributed by atoms with E-state index >= 15 is 0 Å². The average Bonchev–Trinajstić information content (AvgIpc) is 3.19. The SMILES string of the molecule is CSc1nc(NN)cc(N(CC(C)C)C2CC2)n1. The Morgan fingerprint density at radius 1 is 1.50 bits per heavy atom. The molecule has 0 radical (unpaired) electrons. The van der Waals surface area contributed by atoms with Gasteiger partial charge in [0.05, 0.1) is 0 Å². The van der Waals surface area contributed by atoms with E-state index in [1.165, 1.54) is 24.6 Å². The van der Waals surface area contributed by atoms with Gasteiger partial charge in [-0.25, -0.2) is 15.8 Å². The molecule has 0 atom stereocenters. The molecule has 0 bridgehead atoms. The second-order valence-corrected chi connectivity index (χ2v) is 5.79. The minimum atomic E-state index is 0.618. The number of hydrogen-bond donors (Lipinski definition) is 2. The Bertz CT molecular complexity index is 383. The van der Waals surface area contributed by atoms with Crippen molar-refractivity contribution in [3.63, 3.8) is 0 Å². The molecule has 1 aliphatic rings. The Morgan fingerprint density at radius 3 is 2.72 bits per heavy atom. The summed E-state index contributed by atoms with van der Waals surface area (Å²) >= 11 is 1.54. The minimum Gasteiger partial charge on any atom is -0.353 e. The van der Waals surface area contributed by atoms with Crippen LogP contribution < -0.4 is 16.2 Å². The molecule has 1 aromatic heterocycles. The van der Waals surface area contributed by atoms with Gasteiger partial charge >= 0.3 is 0 Å². The normalized spacial score (nSPS) is 14.9. The van der Waals surface area contributed by atoms with Crippen molar-refractivity contribution in [1.82, 2.24) is 9.97 Å². The Hall–Kier alpha value is -1.01. The molecule has 6 heteroatoms. The number of nitrogens with one attached hydrogen (secondary N) is 1. The van der Waals surface area contributed by atoms with Crippen LogP contribution in [-0.2, 0) is 0 Å². The Morgan fingerprint density at radius 2 is 2.22 bits per heavy atom. The minimum absolute atomic E-state index is 0.618. The predicted octanol–water partition coefficient (Wildman–Crippen LogP) is 2.11. The van der Waals surface area contributed by atoms with Gasteiger partial charge in [0.2, 0.25) is 0 Å². The molecule has 1 heterocycles. The molecule has 0 unspecified atom stereocenters.